The van der Waals surface area contributed by atoms with Gasteiger partial charge in [-0.05, 0) is 68.8 Å². The summed E-state index contributed by atoms with van der Waals surface area (Å²) in [5, 5.41) is 18.3. The van der Waals surface area contributed by atoms with Crippen molar-refractivity contribution in [3.05, 3.63) is 88.3 Å². The van der Waals surface area contributed by atoms with Crippen LogP contribution in [0, 0.1) is 6.92 Å². The van der Waals surface area contributed by atoms with E-state index < -0.39 is 0 Å². The van der Waals surface area contributed by atoms with E-state index >= 15 is 0 Å². The van der Waals surface area contributed by atoms with Gasteiger partial charge in [0.2, 0.25) is 0 Å². The van der Waals surface area contributed by atoms with Crippen LogP contribution in [0.2, 0.25) is 0 Å². The Labute approximate surface area is 213 Å². The second-order valence-electron chi connectivity index (χ2n) is 8.92. The van der Waals surface area contributed by atoms with Crippen LogP contribution in [-0.2, 0) is 6.54 Å². The van der Waals surface area contributed by atoms with E-state index in [4.69, 9.17) is 0 Å². The highest BCUT2D eigenvalue weighted by Crippen LogP contribution is 2.27. The number of anilines is 1. The van der Waals surface area contributed by atoms with E-state index in [0.29, 0.717) is 52.5 Å². The first-order chi connectivity index (χ1) is 17.8. The Hall–Kier alpha value is -4.79. The van der Waals surface area contributed by atoms with E-state index in [0.717, 1.165) is 16.7 Å². The first kappa shape index (κ1) is 23.9. The normalized spacial score (nSPS) is 13.3. The molecular weight excluding hydrogens is 468 g/mol. The lowest BCUT2D eigenvalue weighted by Gasteiger charge is -2.08. The van der Waals surface area contributed by atoms with Gasteiger partial charge in [-0.15, -0.1) is 0 Å². The molecule has 9 heteroatoms. The molecule has 0 fully saturated rings. The summed E-state index contributed by atoms with van der Waals surface area (Å²) < 4.78 is 1.65. The highest BCUT2D eigenvalue weighted by atomic mass is 16.3. The molecule has 2 aromatic heterocycles. The van der Waals surface area contributed by atoms with Gasteiger partial charge in [-0.25, -0.2) is 4.99 Å². The zero-order chi connectivity index (χ0) is 26.1. The molecule has 3 heterocycles. The molecule has 0 radical (unpaired) electrons. The number of fused-ring (bicyclic) bond motifs is 1. The first-order valence-electron chi connectivity index (χ1n) is 11.9. The first-order valence-corrected chi connectivity index (χ1v) is 11.9. The number of rotatable bonds is 6. The van der Waals surface area contributed by atoms with Crippen molar-refractivity contribution in [2.45, 2.75) is 27.3 Å². The Kier molecular flexibility index (Phi) is 6.27. The molecule has 1 aliphatic rings. The van der Waals surface area contributed by atoms with E-state index in [1.54, 1.807) is 59.4 Å². The van der Waals surface area contributed by atoms with Gasteiger partial charge in [0.1, 0.15) is 11.5 Å². The van der Waals surface area contributed by atoms with Gasteiger partial charge in [-0.2, -0.15) is 5.10 Å². The van der Waals surface area contributed by atoms with Gasteiger partial charge in [-0.1, -0.05) is 12.1 Å². The fourth-order valence-electron chi connectivity index (χ4n) is 4.24. The summed E-state index contributed by atoms with van der Waals surface area (Å²) in [7, 11) is 0. The maximum Gasteiger partial charge on any atom is 0.273 e. The molecule has 1 amide bonds. The van der Waals surface area contributed by atoms with Crippen molar-refractivity contribution in [3.63, 3.8) is 0 Å². The Morgan fingerprint density at radius 3 is 2.59 bits per heavy atom. The number of ketones is 1. The summed E-state index contributed by atoms with van der Waals surface area (Å²) >= 11 is 0. The molecule has 0 saturated heterocycles. The van der Waals surface area contributed by atoms with E-state index in [-0.39, 0.29) is 17.6 Å². The lowest BCUT2D eigenvalue weighted by Crippen LogP contribution is -2.17. The number of amidine groups is 1. The summed E-state index contributed by atoms with van der Waals surface area (Å²) in [5.74, 6) is 0.153. The van der Waals surface area contributed by atoms with E-state index in [9.17, 15) is 14.7 Å². The minimum Gasteiger partial charge on any atom is -0.494 e. The number of nitrogens with one attached hydrogen (secondary N) is 2. The van der Waals surface area contributed by atoms with E-state index in [2.05, 4.69) is 25.4 Å². The molecule has 0 spiro atoms. The minimum absolute atomic E-state index is 0.0256. The molecule has 2 aromatic carbocycles. The molecule has 0 bridgehead atoms. The highest BCUT2D eigenvalue weighted by Gasteiger charge is 2.16. The average Bonchev–Trinajstić information content (AvgIpc) is 3.57. The van der Waals surface area contributed by atoms with Gasteiger partial charge in [0, 0.05) is 40.5 Å². The second kappa shape index (κ2) is 9.69. The molecule has 5 rings (SSSR count). The lowest BCUT2D eigenvalue weighted by molar-refractivity contribution is 0.101. The van der Waals surface area contributed by atoms with Crippen molar-refractivity contribution in [1.82, 2.24) is 14.8 Å². The maximum absolute atomic E-state index is 13.1. The highest BCUT2D eigenvalue weighted by molar-refractivity contribution is 6.13. The van der Waals surface area contributed by atoms with Crippen LogP contribution in [0.25, 0.3) is 10.9 Å². The molecule has 0 saturated carbocycles. The van der Waals surface area contributed by atoms with E-state index in [1.807, 2.05) is 26.8 Å². The molecule has 0 atom stereocenters. The van der Waals surface area contributed by atoms with Gasteiger partial charge >= 0.3 is 0 Å². The number of aromatic nitrogens is 3. The molecule has 186 valence electrons. The third-order valence-corrected chi connectivity index (χ3v) is 6.11. The molecule has 1 aliphatic heterocycles. The molecule has 4 aromatic rings. The van der Waals surface area contributed by atoms with Gasteiger partial charge in [0.05, 0.1) is 17.8 Å². The van der Waals surface area contributed by atoms with Crippen molar-refractivity contribution in [3.8, 4) is 5.88 Å². The van der Waals surface area contributed by atoms with Crippen LogP contribution in [0.15, 0.2) is 70.2 Å². The van der Waals surface area contributed by atoms with Crippen molar-refractivity contribution in [1.29, 1.82) is 0 Å². The maximum atomic E-state index is 13.1. The summed E-state index contributed by atoms with van der Waals surface area (Å²) in [6, 6.07) is 13.7. The van der Waals surface area contributed by atoms with Crippen LogP contribution in [0.4, 0.5) is 5.69 Å². The Balaban J connectivity index is 1.32. The number of aromatic amines is 1. The zero-order valence-corrected chi connectivity index (χ0v) is 20.7. The summed E-state index contributed by atoms with van der Waals surface area (Å²) in [5.41, 5.74) is 5.07. The number of aryl methyl sites for hydroxylation is 2. The molecule has 0 aliphatic carbocycles. The molecule has 9 nitrogen and oxygen atoms in total. The monoisotopic (exact) mass is 494 g/mol. The van der Waals surface area contributed by atoms with Crippen LogP contribution in [-0.4, -0.2) is 50.2 Å². The van der Waals surface area contributed by atoms with E-state index in [1.165, 1.54) is 0 Å². The van der Waals surface area contributed by atoms with Crippen LogP contribution in [0.3, 0.4) is 0 Å². The number of carbonyl (C=O) groups excluding carboxylic acids is 2. The Morgan fingerprint density at radius 2 is 1.89 bits per heavy atom. The number of aromatic hydroxyl groups is 1. The fraction of sp³-hybridized carbons (Fsp3) is 0.179. The molecule has 0 unspecified atom stereocenters. The second-order valence-corrected chi connectivity index (χ2v) is 8.92. The van der Waals surface area contributed by atoms with Gasteiger partial charge in [0.25, 0.3) is 5.91 Å². The lowest BCUT2D eigenvalue weighted by atomic mass is 10.0. The average molecular weight is 495 g/mol. The van der Waals surface area contributed by atoms with Crippen LogP contribution in [0.5, 0.6) is 5.88 Å². The van der Waals surface area contributed by atoms with Crippen LogP contribution in [0.1, 0.15) is 51.5 Å². The minimum atomic E-state index is -0.260. The number of carbonyl (C=O) groups is 2. The third kappa shape index (κ3) is 4.84. The quantitative estimate of drug-likeness (QED) is 0.266. The van der Waals surface area contributed by atoms with Gasteiger partial charge < -0.3 is 15.4 Å². The molecular formula is C28H26N6O3. The summed E-state index contributed by atoms with van der Waals surface area (Å²) in [6.45, 7) is 6.98. The predicted molar refractivity (Wildman–Crippen MR) is 144 cm³/mol. The van der Waals surface area contributed by atoms with Crippen molar-refractivity contribution in [2.24, 2.45) is 9.98 Å². The van der Waals surface area contributed by atoms with Gasteiger partial charge in [-0.3, -0.25) is 19.3 Å². The number of hydrogen-bond acceptors (Lipinski definition) is 6. The fourth-order valence-corrected chi connectivity index (χ4v) is 4.24. The SMILES string of the molecule is CCn1nc(C)cc1C(=O)Nc1ccc(C(=O)c2ccc3c(C=NC4=NCC(C)=C4)c(O)[nH]c3c2)cc1. The van der Waals surface area contributed by atoms with Crippen LogP contribution >= 0.6 is 0 Å². The number of amides is 1. The van der Waals surface area contributed by atoms with Crippen molar-refractivity contribution >= 4 is 40.3 Å². The zero-order valence-electron chi connectivity index (χ0n) is 20.7. The Morgan fingerprint density at radius 1 is 1.14 bits per heavy atom. The number of hydrogen-bond donors (Lipinski definition) is 3. The van der Waals surface area contributed by atoms with Crippen molar-refractivity contribution < 1.29 is 14.7 Å². The number of aliphatic imine (C=N–C) groups is 2. The molecule has 3 N–H and O–H groups in total. The third-order valence-electron chi connectivity index (χ3n) is 6.11. The topological polar surface area (TPSA) is 125 Å². The summed E-state index contributed by atoms with van der Waals surface area (Å²) in [4.78, 5) is 37.4. The van der Waals surface area contributed by atoms with Crippen molar-refractivity contribution in [2.75, 3.05) is 11.9 Å². The molecule has 37 heavy (non-hydrogen) atoms. The number of H-pyrrole nitrogens is 1. The predicted octanol–water partition coefficient (Wildman–Crippen LogP) is 4.66. The largest absolute Gasteiger partial charge is 0.494 e. The number of nitrogens with zero attached hydrogens (tertiary/aromatic N) is 4. The Bertz CT molecular complexity index is 1620. The van der Waals surface area contributed by atoms with Crippen LogP contribution < -0.4 is 5.32 Å². The smallest absolute Gasteiger partial charge is 0.273 e. The number of benzene rings is 2. The standard InChI is InChI=1S/C28H26N6O3/c1-4-34-24(12-17(3)33-34)28(37)31-20-8-5-18(6-9-20)26(35)19-7-10-21-22(27(36)32-23(21)13-19)15-30-25-11-16(2)14-29-25/h5-13,15,32,36H,4,14H2,1-3H3,(H,31,37). The van der Waals surface area contributed by atoms with Gasteiger partial charge in [0.15, 0.2) is 11.7 Å². The summed E-state index contributed by atoms with van der Waals surface area (Å²) in [6.07, 6.45) is 3.47.